The van der Waals surface area contributed by atoms with Crippen LogP contribution in [0.4, 0.5) is 0 Å². The molecule has 0 aromatic carbocycles. The minimum Gasteiger partial charge on any atom is -0.300 e. The van der Waals surface area contributed by atoms with E-state index < -0.39 is 0 Å². The highest BCUT2D eigenvalue weighted by molar-refractivity contribution is 7.71. The van der Waals surface area contributed by atoms with Crippen LogP contribution in [0, 0.1) is 21.5 Å². The van der Waals surface area contributed by atoms with Crippen molar-refractivity contribution in [3.05, 3.63) is 10.6 Å². The molecule has 0 amide bonds. The van der Waals surface area contributed by atoms with E-state index in [-0.39, 0.29) is 0 Å². The number of H-pyrrole nitrogens is 1. The Labute approximate surface area is 120 Å². The van der Waals surface area contributed by atoms with Crippen molar-refractivity contribution in [3.63, 3.8) is 0 Å². The third-order valence-electron chi connectivity index (χ3n) is 5.70. The summed E-state index contributed by atoms with van der Waals surface area (Å²) in [5.41, 5.74) is 0.707. The van der Waals surface area contributed by atoms with Gasteiger partial charge in [0.05, 0.1) is 0 Å². The lowest BCUT2D eigenvalue weighted by Gasteiger charge is -2.44. The van der Waals surface area contributed by atoms with Gasteiger partial charge in [-0.3, -0.25) is 9.67 Å². The summed E-state index contributed by atoms with van der Waals surface area (Å²) in [4.78, 5) is 0. The van der Waals surface area contributed by atoms with Crippen molar-refractivity contribution >= 4 is 12.2 Å². The van der Waals surface area contributed by atoms with Crippen LogP contribution in [0.3, 0.4) is 0 Å². The minimum absolute atomic E-state index is 0.318. The third-order valence-corrected chi connectivity index (χ3v) is 5.99. The van der Waals surface area contributed by atoms with Gasteiger partial charge < -0.3 is 0 Å². The van der Waals surface area contributed by atoms with Crippen LogP contribution in [-0.2, 0) is 0 Å². The van der Waals surface area contributed by atoms with Gasteiger partial charge in [-0.15, -0.1) is 0 Å². The zero-order valence-corrected chi connectivity index (χ0v) is 13.5. The smallest absolute Gasteiger partial charge is 0.195 e. The quantitative estimate of drug-likeness (QED) is 0.811. The maximum absolute atomic E-state index is 5.54. The second-order valence-corrected chi connectivity index (χ2v) is 8.12. The molecule has 2 bridgehead atoms. The van der Waals surface area contributed by atoms with Gasteiger partial charge in [-0.2, -0.15) is 5.10 Å². The van der Waals surface area contributed by atoms with Gasteiger partial charge in [0.15, 0.2) is 4.77 Å². The summed E-state index contributed by atoms with van der Waals surface area (Å²) in [5.74, 6) is 2.36. The van der Waals surface area contributed by atoms with E-state index in [0.717, 1.165) is 16.5 Å². The first kappa shape index (κ1) is 13.3. The standard InChI is InChI=1S/C15H25N3S/c1-9(2)11-16-17-13(19)18(11)12-14(3,4)10-6-7-15(12,5)8-10/h9-10,12H,6-8H2,1-5H3,(H,17,19). The van der Waals surface area contributed by atoms with E-state index >= 15 is 0 Å². The molecule has 0 spiro atoms. The normalized spacial score (nSPS) is 36.3. The summed E-state index contributed by atoms with van der Waals surface area (Å²) in [5, 5.41) is 7.51. The van der Waals surface area contributed by atoms with Crippen LogP contribution >= 0.6 is 12.2 Å². The molecular formula is C15H25N3S. The van der Waals surface area contributed by atoms with E-state index in [1.807, 2.05) is 0 Å². The van der Waals surface area contributed by atoms with Crippen molar-refractivity contribution in [1.82, 2.24) is 14.8 Å². The Kier molecular flexibility index (Phi) is 2.76. The van der Waals surface area contributed by atoms with Crippen molar-refractivity contribution in [2.24, 2.45) is 16.7 Å². The number of nitrogens with zero attached hydrogens (tertiary/aromatic N) is 2. The summed E-state index contributed by atoms with van der Waals surface area (Å²) in [6, 6.07) is 0.488. The number of hydrogen-bond donors (Lipinski definition) is 1. The van der Waals surface area contributed by atoms with Crippen LogP contribution < -0.4 is 0 Å². The van der Waals surface area contributed by atoms with Crippen LogP contribution in [-0.4, -0.2) is 14.8 Å². The molecule has 1 aromatic rings. The largest absolute Gasteiger partial charge is 0.300 e. The Morgan fingerprint density at radius 2 is 2.05 bits per heavy atom. The zero-order chi connectivity index (χ0) is 14.0. The van der Waals surface area contributed by atoms with Crippen molar-refractivity contribution in [2.75, 3.05) is 0 Å². The molecule has 0 saturated heterocycles. The van der Waals surface area contributed by atoms with E-state index in [0.29, 0.717) is 22.8 Å². The molecule has 19 heavy (non-hydrogen) atoms. The number of hydrogen-bond acceptors (Lipinski definition) is 2. The maximum Gasteiger partial charge on any atom is 0.195 e. The molecule has 2 fully saturated rings. The summed E-state index contributed by atoms with van der Waals surface area (Å²) < 4.78 is 3.15. The first-order chi connectivity index (χ1) is 8.77. The van der Waals surface area contributed by atoms with Gasteiger partial charge in [0.25, 0.3) is 0 Å². The molecule has 0 radical (unpaired) electrons. The van der Waals surface area contributed by atoms with Crippen LogP contribution in [0.2, 0.25) is 0 Å². The molecule has 0 aliphatic heterocycles. The van der Waals surface area contributed by atoms with E-state index in [9.17, 15) is 0 Å². The van der Waals surface area contributed by atoms with E-state index in [2.05, 4.69) is 49.4 Å². The molecule has 1 aromatic heterocycles. The van der Waals surface area contributed by atoms with Gasteiger partial charge in [0.2, 0.25) is 0 Å². The van der Waals surface area contributed by atoms with Crippen LogP contribution in [0.25, 0.3) is 0 Å². The number of aromatic nitrogens is 3. The molecule has 3 unspecified atom stereocenters. The average molecular weight is 279 g/mol. The van der Waals surface area contributed by atoms with Crippen LogP contribution in [0.5, 0.6) is 0 Å². The Hall–Kier alpha value is -0.640. The fraction of sp³-hybridized carbons (Fsp3) is 0.867. The third kappa shape index (κ3) is 1.68. The fourth-order valence-corrected chi connectivity index (χ4v) is 5.14. The van der Waals surface area contributed by atoms with Gasteiger partial charge in [0, 0.05) is 12.0 Å². The zero-order valence-electron chi connectivity index (χ0n) is 12.7. The second kappa shape index (κ2) is 3.94. The lowest BCUT2D eigenvalue weighted by molar-refractivity contribution is 0.0792. The lowest BCUT2D eigenvalue weighted by atomic mass is 9.68. The van der Waals surface area contributed by atoms with E-state index in [1.54, 1.807) is 0 Å². The minimum atomic E-state index is 0.318. The summed E-state index contributed by atoms with van der Waals surface area (Å²) in [6.07, 6.45) is 4.05. The van der Waals surface area contributed by atoms with Crippen molar-refractivity contribution in [3.8, 4) is 0 Å². The molecule has 3 rings (SSSR count). The summed E-state index contributed by atoms with van der Waals surface area (Å²) >= 11 is 5.54. The monoisotopic (exact) mass is 279 g/mol. The van der Waals surface area contributed by atoms with Crippen molar-refractivity contribution in [1.29, 1.82) is 0 Å². The van der Waals surface area contributed by atoms with Crippen molar-refractivity contribution in [2.45, 2.75) is 65.8 Å². The predicted octanol–water partition coefficient (Wildman–Crippen LogP) is 4.45. The number of rotatable bonds is 2. The second-order valence-electron chi connectivity index (χ2n) is 7.73. The Morgan fingerprint density at radius 3 is 2.58 bits per heavy atom. The van der Waals surface area contributed by atoms with E-state index in [1.165, 1.54) is 19.3 Å². The van der Waals surface area contributed by atoms with Gasteiger partial charge >= 0.3 is 0 Å². The van der Waals surface area contributed by atoms with Gasteiger partial charge in [-0.05, 0) is 48.2 Å². The average Bonchev–Trinajstić information content (AvgIpc) is 2.89. The van der Waals surface area contributed by atoms with Crippen molar-refractivity contribution < 1.29 is 0 Å². The molecule has 2 aliphatic rings. The molecule has 2 aliphatic carbocycles. The first-order valence-electron chi connectivity index (χ1n) is 7.44. The SMILES string of the molecule is CC(C)c1n[nH]c(=S)n1C1C2(C)CCC(C2)C1(C)C. The number of nitrogens with one attached hydrogen (secondary N) is 1. The lowest BCUT2D eigenvalue weighted by Crippen LogP contribution is -2.38. The molecule has 3 atom stereocenters. The maximum atomic E-state index is 5.54. The number of aromatic amines is 1. The highest BCUT2D eigenvalue weighted by Gasteiger charge is 2.60. The summed E-state index contributed by atoms with van der Waals surface area (Å²) in [7, 11) is 0. The molecular weight excluding hydrogens is 254 g/mol. The molecule has 1 heterocycles. The predicted molar refractivity (Wildman–Crippen MR) is 79.8 cm³/mol. The highest BCUT2D eigenvalue weighted by atomic mass is 32.1. The molecule has 106 valence electrons. The summed E-state index contributed by atoms with van der Waals surface area (Å²) in [6.45, 7) is 11.7. The highest BCUT2D eigenvalue weighted by Crippen LogP contribution is 2.68. The molecule has 4 heteroatoms. The first-order valence-corrected chi connectivity index (χ1v) is 7.85. The molecule has 1 N–H and O–H groups in total. The number of fused-ring (bicyclic) bond motifs is 2. The molecule has 2 saturated carbocycles. The fourth-order valence-electron chi connectivity index (χ4n) is 4.89. The van der Waals surface area contributed by atoms with Gasteiger partial charge in [0.1, 0.15) is 5.82 Å². The Morgan fingerprint density at radius 1 is 1.37 bits per heavy atom. The van der Waals surface area contributed by atoms with Gasteiger partial charge in [-0.25, -0.2) is 0 Å². The Balaban J connectivity index is 2.17. The molecule has 3 nitrogen and oxygen atoms in total. The van der Waals surface area contributed by atoms with Crippen LogP contribution in [0.1, 0.15) is 71.7 Å². The Bertz CT molecular complexity index is 549. The van der Waals surface area contributed by atoms with E-state index in [4.69, 9.17) is 12.2 Å². The van der Waals surface area contributed by atoms with Gasteiger partial charge in [-0.1, -0.05) is 34.6 Å². The topological polar surface area (TPSA) is 33.6 Å². The van der Waals surface area contributed by atoms with Crippen LogP contribution in [0.15, 0.2) is 0 Å².